The van der Waals surface area contributed by atoms with Crippen molar-refractivity contribution in [2.24, 2.45) is 0 Å². The Labute approximate surface area is 89.0 Å². The van der Waals surface area contributed by atoms with Gasteiger partial charge in [0.25, 0.3) is 0 Å². The van der Waals surface area contributed by atoms with E-state index in [0.717, 1.165) is 13.0 Å². The second-order valence-electron chi connectivity index (χ2n) is 5.10. The van der Waals surface area contributed by atoms with Crippen LogP contribution >= 0.6 is 0 Å². The van der Waals surface area contributed by atoms with Crippen molar-refractivity contribution in [2.45, 2.75) is 38.9 Å². The van der Waals surface area contributed by atoms with Gasteiger partial charge in [-0.3, -0.25) is 9.80 Å². The molecule has 2 nitrogen and oxygen atoms in total. The number of nitrogens with zero attached hydrogens (tertiary/aromatic N) is 2. The molecule has 1 rings (SSSR count). The first kappa shape index (κ1) is 12.8. The molecular weight excluding hydrogens is 205 g/mol. The average molecular weight is 224 g/mol. The molecule has 5 heteroatoms. The minimum Gasteiger partial charge on any atom is -0.286 e. The monoisotopic (exact) mass is 224 g/mol. The van der Waals surface area contributed by atoms with Gasteiger partial charge in [0.15, 0.2) is 0 Å². The van der Waals surface area contributed by atoms with Gasteiger partial charge in [-0.15, -0.1) is 0 Å². The van der Waals surface area contributed by atoms with Crippen LogP contribution < -0.4 is 0 Å². The number of hydrogen-bond donors (Lipinski definition) is 0. The third-order valence-electron chi connectivity index (χ3n) is 2.62. The first-order valence-corrected chi connectivity index (χ1v) is 5.23. The molecule has 90 valence electrons. The summed E-state index contributed by atoms with van der Waals surface area (Å²) >= 11 is 0. The molecule has 0 N–H and O–H groups in total. The fourth-order valence-corrected chi connectivity index (χ4v) is 1.80. The summed E-state index contributed by atoms with van der Waals surface area (Å²) in [7, 11) is 0. The Morgan fingerprint density at radius 1 is 1.07 bits per heavy atom. The highest BCUT2D eigenvalue weighted by Crippen LogP contribution is 2.22. The van der Waals surface area contributed by atoms with E-state index in [1.54, 1.807) is 0 Å². The molecule has 15 heavy (non-hydrogen) atoms. The Kier molecular flexibility index (Phi) is 3.66. The zero-order valence-corrected chi connectivity index (χ0v) is 9.56. The lowest BCUT2D eigenvalue weighted by Gasteiger charge is -2.43. The second-order valence-corrected chi connectivity index (χ2v) is 5.10. The van der Waals surface area contributed by atoms with Crippen LogP contribution in [0.5, 0.6) is 0 Å². The highest BCUT2D eigenvalue weighted by atomic mass is 19.4. The van der Waals surface area contributed by atoms with Gasteiger partial charge in [0.2, 0.25) is 0 Å². The molecule has 0 saturated carbocycles. The molecule has 0 spiro atoms. The molecule has 1 fully saturated rings. The summed E-state index contributed by atoms with van der Waals surface area (Å²) in [4.78, 5) is 3.55. The molecule has 0 bridgehead atoms. The van der Waals surface area contributed by atoms with E-state index in [0.29, 0.717) is 13.2 Å². The molecule has 0 atom stereocenters. The van der Waals surface area contributed by atoms with Gasteiger partial charge in [0.1, 0.15) is 0 Å². The van der Waals surface area contributed by atoms with Gasteiger partial charge in [-0.25, -0.2) is 0 Å². The minimum atomic E-state index is -4.08. The lowest BCUT2D eigenvalue weighted by molar-refractivity contribution is -0.157. The number of hydrogen-bond acceptors (Lipinski definition) is 2. The van der Waals surface area contributed by atoms with E-state index >= 15 is 0 Å². The first-order valence-electron chi connectivity index (χ1n) is 5.23. The van der Waals surface area contributed by atoms with Crippen LogP contribution in [0.3, 0.4) is 0 Å². The van der Waals surface area contributed by atoms with Crippen LogP contribution in [0.15, 0.2) is 0 Å². The predicted octanol–water partition coefficient (Wildman–Crippen LogP) is 2.31. The van der Waals surface area contributed by atoms with Crippen molar-refractivity contribution in [3.8, 4) is 0 Å². The summed E-state index contributed by atoms with van der Waals surface area (Å²) < 4.78 is 36.6. The quantitative estimate of drug-likeness (QED) is 0.674. The number of rotatable bonds is 1. The second kappa shape index (κ2) is 4.29. The van der Waals surface area contributed by atoms with Crippen molar-refractivity contribution >= 4 is 0 Å². The Morgan fingerprint density at radius 3 is 2.13 bits per heavy atom. The number of alkyl halides is 3. The van der Waals surface area contributed by atoms with Crippen LogP contribution in [-0.2, 0) is 0 Å². The minimum absolute atomic E-state index is 0.0513. The third kappa shape index (κ3) is 4.38. The zero-order chi connectivity index (χ0) is 11.7. The molecule has 1 aliphatic rings. The van der Waals surface area contributed by atoms with Crippen molar-refractivity contribution in [2.75, 3.05) is 26.3 Å². The Morgan fingerprint density at radius 2 is 1.67 bits per heavy atom. The van der Waals surface area contributed by atoms with Crippen LogP contribution in [0.4, 0.5) is 13.2 Å². The van der Waals surface area contributed by atoms with Gasteiger partial charge >= 0.3 is 6.18 Å². The molecule has 0 aromatic heterocycles. The summed E-state index contributed by atoms with van der Waals surface area (Å²) in [6.07, 6.45) is -3.27. The molecule has 0 unspecified atom stereocenters. The lowest BCUT2D eigenvalue weighted by atomic mass is 10.1. The average Bonchev–Trinajstić information content (AvgIpc) is 1.99. The van der Waals surface area contributed by atoms with Crippen molar-refractivity contribution in [1.29, 1.82) is 0 Å². The van der Waals surface area contributed by atoms with E-state index in [4.69, 9.17) is 0 Å². The van der Waals surface area contributed by atoms with Crippen molar-refractivity contribution < 1.29 is 13.2 Å². The summed E-state index contributed by atoms with van der Waals surface area (Å²) in [5, 5.41) is 0. The van der Waals surface area contributed by atoms with Crippen LogP contribution in [0.1, 0.15) is 27.2 Å². The van der Waals surface area contributed by atoms with Gasteiger partial charge in [-0.1, -0.05) is 0 Å². The highest BCUT2D eigenvalue weighted by Gasteiger charge is 2.34. The number of halogens is 3. The fourth-order valence-electron chi connectivity index (χ4n) is 1.80. The fraction of sp³-hybridized carbons (Fsp3) is 1.00. The van der Waals surface area contributed by atoms with Gasteiger partial charge in [-0.2, -0.15) is 13.2 Å². The maximum atomic E-state index is 12.2. The first-order chi connectivity index (χ1) is 6.68. The van der Waals surface area contributed by atoms with E-state index in [-0.39, 0.29) is 5.54 Å². The molecule has 0 aromatic carbocycles. The molecule has 0 aromatic rings. The van der Waals surface area contributed by atoms with Gasteiger partial charge in [0, 0.05) is 18.6 Å². The highest BCUT2D eigenvalue weighted by molar-refractivity contribution is 4.80. The SMILES string of the molecule is CC(C)(C)N1CCCN(CC(F)(F)F)C1. The van der Waals surface area contributed by atoms with Gasteiger partial charge in [0.05, 0.1) is 13.2 Å². The molecular formula is C10H19F3N2. The van der Waals surface area contributed by atoms with E-state index in [2.05, 4.69) is 4.90 Å². The maximum absolute atomic E-state index is 12.2. The molecule has 0 radical (unpaired) electrons. The van der Waals surface area contributed by atoms with Crippen molar-refractivity contribution in [3.05, 3.63) is 0 Å². The summed E-state index contributed by atoms with van der Waals surface area (Å²) in [5.41, 5.74) is -0.0513. The topological polar surface area (TPSA) is 6.48 Å². The molecule has 1 heterocycles. The van der Waals surface area contributed by atoms with Crippen LogP contribution in [0.25, 0.3) is 0 Å². The Hall–Kier alpha value is -0.290. The lowest BCUT2D eigenvalue weighted by Crippen LogP contribution is -2.54. The summed E-state index contributed by atoms with van der Waals surface area (Å²) in [5.74, 6) is 0. The van der Waals surface area contributed by atoms with E-state index in [9.17, 15) is 13.2 Å². The predicted molar refractivity (Wildman–Crippen MR) is 53.6 cm³/mol. The Bertz CT molecular complexity index is 208. The van der Waals surface area contributed by atoms with Crippen molar-refractivity contribution in [1.82, 2.24) is 9.80 Å². The maximum Gasteiger partial charge on any atom is 0.401 e. The van der Waals surface area contributed by atoms with E-state index in [1.807, 2.05) is 20.8 Å². The summed E-state index contributed by atoms with van der Waals surface area (Å²) in [6.45, 7) is 7.16. The van der Waals surface area contributed by atoms with Gasteiger partial charge in [-0.05, 0) is 27.2 Å². The van der Waals surface area contributed by atoms with Crippen LogP contribution in [0, 0.1) is 0 Å². The van der Waals surface area contributed by atoms with E-state index < -0.39 is 12.7 Å². The normalized spacial score (nSPS) is 22.0. The molecule has 1 saturated heterocycles. The van der Waals surface area contributed by atoms with Crippen LogP contribution in [0.2, 0.25) is 0 Å². The molecule has 0 amide bonds. The summed E-state index contributed by atoms with van der Waals surface area (Å²) in [6, 6.07) is 0. The zero-order valence-electron chi connectivity index (χ0n) is 9.56. The smallest absolute Gasteiger partial charge is 0.286 e. The molecule has 1 aliphatic heterocycles. The standard InChI is InChI=1S/C10H19F3N2/c1-9(2,3)15-6-4-5-14(8-15)7-10(11,12)13/h4-8H2,1-3H3. The van der Waals surface area contributed by atoms with Crippen molar-refractivity contribution in [3.63, 3.8) is 0 Å². The molecule has 0 aliphatic carbocycles. The van der Waals surface area contributed by atoms with E-state index in [1.165, 1.54) is 4.90 Å². The van der Waals surface area contributed by atoms with Crippen LogP contribution in [-0.4, -0.2) is 47.8 Å². The van der Waals surface area contributed by atoms with Gasteiger partial charge < -0.3 is 0 Å². The Balaban J connectivity index is 2.50. The largest absolute Gasteiger partial charge is 0.401 e. The third-order valence-corrected chi connectivity index (χ3v) is 2.62.